The molecule has 4 nitrogen and oxygen atoms in total. The molecule has 0 bridgehead atoms. The maximum atomic E-state index is 11.7. The molecule has 0 saturated carbocycles. The van der Waals surface area contributed by atoms with E-state index >= 15 is 0 Å². The van der Waals surface area contributed by atoms with E-state index < -0.39 is 12.0 Å². The summed E-state index contributed by atoms with van der Waals surface area (Å²) in [7, 11) is 3.97. The molecule has 0 aromatic heterocycles. The summed E-state index contributed by atoms with van der Waals surface area (Å²) in [6.07, 6.45) is 4.62. The van der Waals surface area contributed by atoms with Crippen molar-refractivity contribution in [3.63, 3.8) is 0 Å². The zero-order chi connectivity index (χ0) is 14.5. The van der Waals surface area contributed by atoms with Crippen molar-refractivity contribution in [2.24, 2.45) is 0 Å². The van der Waals surface area contributed by atoms with Gasteiger partial charge in [-0.05, 0) is 43.6 Å². The summed E-state index contributed by atoms with van der Waals surface area (Å²) < 4.78 is 0. The number of anilines is 1. The van der Waals surface area contributed by atoms with E-state index in [2.05, 4.69) is 4.90 Å². The summed E-state index contributed by atoms with van der Waals surface area (Å²) in [6, 6.07) is 7.36. The number of hydrogen-bond acceptors (Lipinski definition) is 3. The lowest BCUT2D eigenvalue weighted by atomic mass is 10.0. The minimum atomic E-state index is -0.746. The SMILES string of the molecule is CN(C)c1ccc(C(C(=O)O)N2CCCCCC2)cc1. The Morgan fingerprint density at radius 2 is 1.65 bits per heavy atom. The maximum Gasteiger partial charge on any atom is 0.325 e. The van der Waals surface area contributed by atoms with Gasteiger partial charge in [0.25, 0.3) is 0 Å². The predicted octanol–water partition coefficient (Wildman–Crippen LogP) is 2.75. The number of nitrogens with zero attached hydrogens (tertiary/aromatic N) is 2. The second-order valence-corrected chi connectivity index (χ2v) is 5.68. The molecule has 4 heteroatoms. The van der Waals surface area contributed by atoms with Crippen molar-refractivity contribution in [2.45, 2.75) is 31.7 Å². The van der Waals surface area contributed by atoms with Crippen molar-refractivity contribution < 1.29 is 9.90 Å². The number of rotatable bonds is 4. The molecule has 0 radical (unpaired) electrons. The minimum absolute atomic E-state index is 0.510. The Balaban J connectivity index is 2.21. The largest absolute Gasteiger partial charge is 0.480 e. The minimum Gasteiger partial charge on any atom is -0.480 e. The summed E-state index contributed by atoms with van der Waals surface area (Å²) in [5.74, 6) is -0.746. The lowest BCUT2D eigenvalue weighted by Gasteiger charge is -2.28. The lowest BCUT2D eigenvalue weighted by Crippen LogP contribution is -2.34. The summed E-state index contributed by atoms with van der Waals surface area (Å²) >= 11 is 0. The molecule has 20 heavy (non-hydrogen) atoms. The number of hydrogen-bond donors (Lipinski definition) is 1. The van der Waals surface area contributed by atoms with Crippen LogP contribution in [-0.2, 0) is 4.79 Å². The highest BCUT2D eigenvalue weighted by Gasteiger charge is 2.27. The molecule has 110 valence electrons. The predicted molar refractivity (Wildman–Crippen MR) is 81.2 cm³/mol. The van der Waals surface area contributed by atoms with Crippen LogP contribution in [0, 0.1) is 0 Å². The molecule has 1 atom stereocenters. The highest BCUT2D eigenvalue weighted by molar-refractivity contribution is 5.75. The van der Waals surface area contributed by atoms with Gasteiger partial charge in [0.1, 0.15) is 6.04 Å². The lowest BCUT2D eigenvalue weighted by molar-refractivity contribution is -0.143. The second kappa shape index (κ2) is 6.75. The summed E-state index contributed by atoms with van der Waals surface area (Å²) in [6.45, 7) is 1.76. The molecule has 1 heterocycles. The van der Waals surface area contributed by atoms with Gasteiger partial charge < -0.3 is 10.0 Å². The van der Waals surface area contributed by atoms with Gasteiger partial charge in [0.2, 0.25) is 0 Å². The van der Waals surface area contributed by atoms with Crippen molar-refractivity contribution >= 4 is 11.7 Å². The molecule has 2 rings (SSSR count). The van der Waals surface area contributed by atoms with Crippen LogP contribution in [0.15, 0.2) is 24.3 Å². The number of carboxylic acid groups (broad SMARTS) is 1. The molecule has 1 aromatic rings. The van der Waals surface area contributed by atoms with Gasteiger partial charge in [-0.25, -0.2) is 0 Å². The Hall–Kier alpha value is -1.55. The van der Waals surface area contributed by atoms with E-state index in [9.17, 15) is 9.90 Å². The Labute approximate surface area is 121 Å². The first-order valence-corrected chi connectivity index (χ1v) is 7.34. The monoisotopic (exact) mass is 276 g/mol. The van der Waals surface area contributed by atoms with Crippen LogP contribution in [0.1, 0.15) is 37.3 Å². The molecule has 1 fully saturated rings. The van der Waals surface area contributed by atoms with E-state index in [0.29, 0.717) is 0 Å². The van der Waals surface area contributed by atoms with Gasteiger partial charge in [-0.2, -0.15) is 0 Å². The fourth-order valence-electron chi connectivity index (χ4n) is 2.82. The first-order chi connectivity index (χ1) is 9.59. The van der Waals surface area contributed by atoms with Crippen LogP contribution in [0.3, 0.4) is 0 Å². The fraction of sp³-hybridized carbons (Fsp3) is 0.562. The van der Waals surface area contributed by atoms with Gasteiger partial charge in [-0.15, -0.1) is 0 Å². The number of benzene rings is 1. The molecule has 0 amide bonds. The average molecular weight is 276 g/mol. The zero-order valence-corrected chi connectivity index (χ0v) is 12.4. The number of aliphatic carboxylic acids is 1. The molecule has 1 aliphatic rings. The molecule has 1 saturated heterocycles. The quantitative estimate of drug-likeness (QED) is 0.918. The van der Waals surface area contributed by atoms with E-state index in [1.165, 1.54) is 12.8 Å². The number of carbonyl (C=O) groups is 1. The van der Waals surface area contributed by atoms with Crippen LogP contribution in [-0.4, -0.2) is 43.2 Å². The average Bonchev–Trinajstić information content (AvgIpc) is 2.68. The zero-order valence-electron chi connectivity index (χ0n) is 12.4. The van der Waals surface area contributed by atoms with Gasteiger partial charge in [-0.1, -0.05) is 25.0 Å². The second-order valence-electron chi connectivity index (χ2n) is 5.68. The highest BCUT2D eigenvalue weighted by atomic mass is 16.4. The molecule has 1 unspecified atom stereocenters. The number of likely N-dealkylation sites (tertiary alicyclic amines) is 1. The summed E-state index contributed by atoms with van der Waals surface area (Å²) in [4.78, 5) is 15.8. The van der Waals surface area contributed by atoms with Crippen molar-refractivity contribution in [3.8, 4) is 0 Å². The molecule has 0 aliphatic carbocycles. The summed E-state index contributed by atoms with van der Waals surface area (Å²) in [5, 5.41) is 9.60. The third-order valence-electron chi connectivity index (χ3n) is 3.96. The maximum absolute atomic E-state index is 11.7. The Morgan fingerprint density at radius 3 is 2.10 bits per heavy atom. The van der Waals surface area contributed by atoms with Gasteiger partial charge in [0.05, 0.1) is 0 Å². The smallest absolute Gasteiger partial charge is 0.325 e. The first-order valence-electron chi connectivity index (χ1n) is 7.34. The van der Waals surface area contributed by atoms with Gasteiger partial charge in [0.15, 0.2) is 0 Å². The third-order valence-corrected chi connectivity index (χ3v) is 3.96. The van der Waals surface area contributed by atoms with Crippen LogP contribution >= 0.6 is 0 Å². The molecule has 1 N–H and O–H groups in total. The van der Waals surface area contributed by atoms with Crippen molar-refractivity contribution in [1.29, 1.82) is 0 Å². The van der Waals surface area contributed by atoms with Gasteiger partial charge in [0, 0.05) is 19.8 Å². The first kappa shape index (κ1) is 14.9. The standard InChI is InChI=1S/C16H24N2O2/c1-17(2)14-9-7-13(8-10-14)15(16(19)20)18-11-5-3-4-6-12-18/h7-10,15H,3-6,11-12H2,1-2H3,(H,19,20). The Bertz CT molecular complexity index is 434. The van der Waals surface area contributed by atoms with Crippen LogP contribution in [0.4, 0.5) is 5.69 Å². The Kier molecular flexibility index (Phi) is 5.01. The van der Waals surface area contributed by atoms with Crippen LogP contribution < -0.4 is 4.90 Å². The van der Waals surface area contributed by atoms with Crippen LogP contribution in [0.2, 0.25) is 0 Å². The third kappa shape index (κ3) is 3.51. The fourth-order valence-corrected chi connectivity index (χ4v) is 2.82. The molecule has 1 aromatic carbocycles. The molecule has 1 aliphatic heterocycles. The Morgan fingerprint density at radius 1 is 1.10 bits per heavy atom. The number of carboxylic acids is 1. The van der Waals surface area contributed by atoms with Gasteiger partial charge >= 0.3 is 5.97 Å². The van der Waals surface area contributed by atoms with E-state index in [4.69, 9.17) is 0 Å². The van der Waals surface area contributed by atoms with E-state index in [-0.39, 0.29) is 0 Å². The van der Waals surface area contributed by atoms with Crippen molar-refractivity contribution in [1.82, 2.24) is 4.90 Å². The van der Waals surface area contributed by atoms with Crippen molar-refractivity contribution in [2.75, 3.05) is 32.1 Å². The topological polar surface area (TPSA) is 43.8 Å². The van der Waals surface area contributed by atoms with Gasteiger partial charge in [-0.3, -0.25) is 9.69 Å². The van der Waals surface area contributed by atoms with E-state index in [1.54, 1.807) is 0 Å². The molecule has 0 spiro atoms. The summed E-state index contributed by atoms with van der Waals surface area (Å²) in [5.41, 5.74) is 1.97. The van der Waals surface area contributed by atoms with E-state index in [1.807, 2.05) is 43.3 Å². The highest BCUT2D eigenvalue weighted by Crippen LogP contribution is 2.26. The molecular weight excluding hydrogens is 252 g/mol. The van der Waals surface area contributed by atoms with E-state index in [0.717, 1.165) is 37.2 Å². The molecular formula is C16H24N2O2. The van der Waals surface area contributed by atoms with Crippen molar-refractivity contribution in [3.05, 3.63) is 29.8 Å². The van der Waals surface area contributed by atoms with Crippen LogP contribution in [0.5, 0.6) is 0 Å². The normalized spacial score (nSPS) is 18.3. The van der Waals surface area contributed by atoms with Crippen LogP contribution in [0.25, 0.3) is 0 Å².